The van der Waals surface area contributed by atoms with Crippen LogP contribution in [-0.4, -0.2) is 60.5 Å². The van der Waals surface area contributed by atoms with E-state index >= 15 is 0 Å². The van der Waals surface area contributed by atoms with E-state index < -0.39 is 0 Å². The number of aldehydes is 1. The van der Waals surface area contributed by atoms with Crippen molar-refractivity contribution >= 4 is 6.29 Å². The van der Waals surface area contributed by atoms with E-state index in [1.807, 2.05) is 0 Å². The molecule has 0 N–H and O–H groups in total. The van der Waals surface area contributed by atoms with E-state index in [4.69, 9.17) is 28.4 Å². The van der Waals surface area contributed by atoms with Gasteiger partial charge in [-0.25, -0.2) is 0 Å². The van der Waals surface area contributed by atoms with E-state index in [1.165, 1.54) is 0 Å². The van der Waals surface area contributed by atoms with E-state index in [0.717, 1.165) is 0 Å². The molecule has 0 saturated heterocycles. The largest absolute Gasteiger partial charge is 0.467 e. The fraction of sp³-hybridized carbons (Fsp3) is 0.533. The molecule has 0 aliphatic carbocycles. The lowest BCUT2D eigenvalue weighted by molar-refractivity contribution is -0.0117. The number of methoxy groups -OCH3 is 2. The van der Waals surface area contributed by atoms with Gasteiger partial charge in [0.1, 0.15) is 11.5 Å². The van der Waals surface area contributed by atoms with Crippen LogP contribution in [0.5, 0.6) is 11.5 Å². The number of benzene rings is 1. The van der Waals surface area contributed by atoms with Gasteiger partial charge in [0, 0.05) is 20.3 Å². The fourth-order valence-electron chi connectivity index (χ4n) is 1.44. The summed E-state index contributed by atoms with van der Waals surface area (Å²) < 4.78 is 30.9. The molecule has 0 atom stereocenters. The molecule has 0 fully saturated rings. The molecule has 0 bridgehead atoms. The zero-order chi connectivity index (χ0) is 16.0. The predicted molar refractivity (Wildman–Crippen MR) is 78.5 cm³/mol. The molecule has 0 aliphatic rings. The molecule has 124 valence electrons. The lowest BCUT2D eigenvalue weighted by atomic mass is 10.2. The number of ether oxygens (including phenoxy) is 6. The smallest absolute Gasteiger partial charge is 0.189 e. The van der Waals surface area contributed by atoms with Gasteiger partial charge >= 0.3 is 0 Å². The maximum atomic E-state index is 11.0. The number of carbonyl (C=O) groups is 1. The van der Waals surface area contributed by atoms with E-state index in [-0.39, 0.29) is 13.6 Å². The van der Waals surface area contributed by atoms with Crippen molar-refractivity contribution in [3.63, 3.8) is 0 Å². The Balaban J connectivity index is 2.44. The molecule has 22 heavy (non-hydrogen) atoms. The van der Waals surface area contributed by atoms with Crippen LogP contribution in [0.15, 0.2) is 18.2 Å². The van der Waals surface area contributed by atoms with Crippen molar-refractivity contribution in [2.24, 2.45) is 0 Å². The van der Waals surface area contributed by atoms with Gasteiger partial charge in [-0.1, -0.05) is 0 Å². The summed E-state index contributed by atoms with van der Waals surface area (Å²) in [6.07, 6.45) is 0.712. The molecular weight excluding hydrogens is 292 g/mol. The number of carbonyl (C=O) groups excluding carboxylic acids is 1. The normalized spacial score (nSPS) is 10.5. The second-order valence-corrected chi connectivity index (χ2v) is 4.14. The van der Waals surface area contributed by atoms with Gasteiger partial charge in [-0.05, 0) is 12.1 Å². The van der Waals surface area contributed by atoms with Crippen LogP contribution in [0.25, 0.3) is 0 Å². The lowest BCUT2D eigenvalue weighted by Gasteiger charge is -2.12. The highest BCUT2D eigenvalue weighted by molar-refractivity contribution is 5.79. The van der Waals surface area contributed by atoms with Crippen molar-refractivity contribution in [1.29, 1.82) is 0 Å². The van der Waals surface area contributed by atoms with Crippen molar-refractivity contribution in [3.8, 4) is 11.5 Å². The van der Waals surface area contributed by atoms with Crippen LogP contribution in [0.2, 0.25) is 0 Å². The van der Waals surface area contributed by atoms with Crippen molar-refractivity contribution in [1.82, 2.24) is 0 Å². The zero-order valence-electron chi connectivity index (χ0n) is 12.9. The van der Waals surface area contributed by atoms with Crippen LogP contribution in [0.4, 0.5) is 0 Å². The van der Waals surface area contributed by atoms with E-state index in [1.54, 1.807) is 32.4 Å². The first kappa shape index (κ1) is 18.4. The lowest BCUT2D eigenvalue weighted by Crippen LogP contribution is -2.09. The van der Waals surface area contributed by atoms with Crippen LogP contribution >= 0.6 is 0 Å². The Hall–Kier alpha value is -1.67. The van der Waals surface area contributed by atoms with Gasteiger partial charge in [0.25, 0.3) is 0 Å². The minimum Gasteiger partial charge on any atom is -0.467 e. The topological polar surface area (TPSA) is 72.5 Å². The first-order valence-corrected chi connectivity index (χ1v) is 6.80. The van der Waals surface area contributed by atoms with E-state index in [2.05, 4.69) is 0 Å². The Kier molecular flexibility index (Phi) is 9.97. The maximum absolute atomic E-state index is 11.0. The molecule has 0 aromatic heterocycles. The summed E-state index contributed by atoms with van der Waals surface area (Å²) >= 11 is 0. The Morgan fingerprint density at radius 1 is 0.909 bits per heavy atom. The van der Waals surface area contributed by atoms with Gasteiger partial charge in [0.2, 0.25) is 0 Å². The second-order valence-electron chi connectivity index (χ2n) is 4.14. The molecule has 1 aromatic rings. The first-order chi connectivity index (χ1) is 10.8. The highest BCUT2D eigenvalue weighted by Crippen LogP contribution is 2.23. The maximum Gasteiger partial charge on any atom is 0.189 e. The Morgan fingerprint density at radius 2 is 1.55 bits per heavy atom. The number of hydrogen-bond donors (Lipinski definition) is 0. The van der Waals surface area contributed by atoms with Gasteiger partial charge < -0.3 is 28.4 Å². The Labute approximate surface area is 130 Å². The number of rotatable bonds is 13. The molecular formula is C15H22O7. The fourth-order valence-corrected chi connectivity index (χ4v) is 1.44. The number of hydrogen-bond acceptors (Lipinski definition) is 7. The molecule has 0 aliphatic heterocycles. The minimum atomic E-state index is 0.0258. The van der Waals surface area contributed by atoms with Crippen molar-refractivity contribution in [2.45, 2.75) is 0 Å². The van der Waals surface area contributed by atoms with E-state index in [9.17, 15) is 4.79 Å². The van der Waals surface area contributed by atoms with Crippen molar-refractivity contribution in [2.75, 3.05) is 54.2 Å². The summed E-state index contributed by atoms with van der Waals surface area (Å²) in [7, 11) is 3.19. The van der Waals surface area contributed by atoms with Crippen LogP contribution in [0.3, 0.4) is 0 Å². The summed E-state index contributed by atoms with van der Waals surface area (Å²) in [5.74, 6) is 0.928. The average molecular weight is 314 g/mol. The van der Waals surface area contributed by atoms with Gasteiger partial charge in [0.15, 0.2) is 19.9 Å². The third-order valence-electron chi connectivity index (χ3n) is 2.58. The molecule has 0 radical (unpaired) electrons. The molecule has 0 heterocycles. The molecule has 0 unspecified atom stereocenters. The Morgan fingerprint density at radius 3 is 2.14 bits per heavy atom. The predicted octanol–water partition coefficient (Wildman–Crippen LogP) is 1.50. The van der Waals surface area contributed by atoms with Gasteiger partial charge in [-0.3, -0.25) is 4.79 Å². The SMILES string of the molecule is COCCOCOc1ccc(C=O)c(OCOCCOC)c1. The molecule has 0 spiro atoms. The van der Waals surface area contributed by atoms with Crippen LogP contribution in [-0.2, 0) is 18.9 Å². The third-order valence-corrected chi connectivity index (χ3v) is 2.58. The van der Waals surface area contributed by atoms with E-state index in [0.29, 0.717) is 49.8 Å². The van der Waals surface area contributed by atoms with Crippen molar-refractivity contribution < 1.29 is 33.2 Å². The van der Waals surface area contributed by atoms with Crippen molar-refractivity contribution in [3.05, 3.63) is 23.8 Å². The summed E-state index contributed by atoms with van der Waals surface area (Å²) in [5, 5.41) is 0. The highest BCUT2D eigenvalue weighted by Gasteiger charge is 2.06. The second kappa shape index (κ2) is 11.9. The zero-order valence-corrected chi connectivity index (χ0v) is 12.9. The highest BCUT2D eigenvalue weighted by atomic mass is 16.7. The molecule has 7 heteroatoms. The summed E-state index contributed by atoms with van der Waals surface area (Å²) in [5.41, 5.74) is 0.419. The summed E-state index contributed by atoms with van der Waals surface area (Å²) in [4.78, 5) is 11.0. The molecule has 0 saturated carbocycles. The molecule has 1 rings (SSSR count). The monoisotopic (exact) mass is 314 g/mol. The first-order valence-electron chi connectivity index (χ1n) is 6.80. The van der Waals surface area contributed by atoms with Gasteiger partial charge in [-0.2, -0.15) is 0 Å². The minimum absolute atomic E-state index is 0.0258. The Bertz CT molecular complexity index is 422. The summed E-state index contributed by atoms with van der Waals surface area (Å²) in [6, 6.07) is 4.90. The van der Waals surface area contributed by atoms with Crippen LogP contribution < -0.4 is 9.47 Å². The average Bonchev–Trinajstić information content (AvgIpc) is 2.54. The van der Waals surface area contributed by atoms with Crippen LogP contribution in [0.1, 0.15) is 10.4 Å². The molecule has 1 aromatic carbocycles. The molecule has 0 amide bonds. The standard InChI is InChI=1S/C15H22O7/c1-17-5-7-19-11-21-14-4-3-13(10-16)15(9-14)22-12-20-8-6-18-2/h3-4,9-10H,5-8,11-12H2,1-2H3. The van der Waals surface area contributed by atoms with Gasteiger partial charge in [-0.15, -0.1) is 0 Å². The third kappa shape index (κ3) is 7.37. The quantitative estimate of drug-likeness (QED) is 0.310. The summed E-state index contributed by atoms with van der Waals surface area (Å²) in [6.45, 7) is 1.95. The van der Waals surface area contributed by atoms with Crippen LogP contribution in [0, 0.1) is 0 Å². The van der Waals surface area contributed by atoms with Gasteiger partial charge in [0.05, 0.1) is 32.0 Å². The molecule has 7 nitrogen and oxygen atoms in total.